The highest BCUT2D eigenvalue weighted by molar-refractivity contribution is 6.32. The highest BCUT2D eigenvalue weighted by Gasteiger charge is 2.21. The van der Waals surface area contributed by atoms with Crippen LogP contribution in [0.15, 0.2) is 55.0 Å². The average Bonchev–Trinajstić information content (AvgIpc) is 3.32. The van der Waals surface area contributed by atoms with E-state index in [1.54, 1.807) is 32.5 Å². The van der Waals surface area contributed by atoms with Crippen LogP contribution < -0.4 is 19.3 Å². The van der Waals surface area contributed by atoms with Gasteiger partial charge in [0.05, 0.1) is 30.5 Å². The lowest BCUT2D eigenvalue weighted by Gasteiger charge is -2.37. The van der Waals surface area contributed by atoms with Crippen molar-refractivity contribution in [2.24, 2.45) is 0 Å². The molecule has 0 bridgehead atoms. The van der Waals surface area contributed by atoms with Gasteiger partial charge in [0, 0.05) is 68.2 Å². The highest BCUT2D eigenvalue weighted by Crippen LogP contribution is 2.38. The number of pyridine rings is 2. The van der Waals surface area contributed by atoms with Gasteiger partial charge >= 0.3 is 0 Å². The standard InChI is InChI=1S/C25H23ClN6O2/c1-33-22-14-23(34-2)20(26)13-19(22)21-16-32-7-5-18(12-24(32)29-21)30-8-10-31(11-9-30)25-17(15-27)4-3-6-28-25/h3-7,12-14,16H,8-11H2,1-2H3. The molecule has 0 aliphatic carbocycles. The summed E-state index contributed by atoms with van der Waals surface area (Å²) in [7, 11) is 3.19. The van der Waals surface area contributed by atoms with Gasteiger partial charge in [-0.15, -0.1) is 0 Å². The fraction of sp³-hybridized carbons (Fsp3) is 0.240. The molecule has 1 aliphatic heterocycles. The third-order valence-corrected chi connectivity index (χ3v) is 6.34. The predicted octanol–water partition coefficient (Wildman–Crippen LogP) is 4.27. The van der Waals surface area contributed by atoms with Crippen molar-refractivity contribution in [2.75, 3.05) is 50.2 Å². The zero-order valence-corrected chi connectivity index (χ0v) is 19.7. The predicted molar refractivity (Wildman–Crippen MR) is 132 cm³/mol. The van der Waals surface area contributed by atoms with Crippen molar-refractivity contribution in [1.82, 2.24) is 14.4 Å². The van der Waals surface area contributed by atoms with Crippen molar-refractivity contribution in [3.8, 4) is 28.8 Å². The summed E-state index contributed by atoms with van der Waals surface area (Å²) in [6.45, 7) is 3.23. The van der Waals surface area contributed by atoms with Crippen molar-refractivity contribution in [3.63, 3.8) is 0 Å². The number of nitriles is 1. The molecule has 1 aromatic carbocycles. The Bertz CT molecular complexity index is 1390. The first-order valence-electron chi connectivity index (χ1n) is 10.9. The number of halogens is 1. The lowest BCUT2D eigenvalue weighted by molar-refractivity contribution is 0.395. The van der Waals surface area contributed by atoms with Gasteiger partial charge in [0.25, 0.3) is 0 Å². The van der Waals surface area contributed by atoms with Gasteiger partial charge in [0.15, 0.2) is 0 Å². The Morgan fingerprint density at radius 1 is 1.00 bits per heavy atom. The number of hydrogen-bond acceptors (Lipinski definition) is 7. The van der Waals surface area contributed by atoms with Gasteiger partial charge in [-0.25, -0.2) is 9.97 Å². The zero-order chi connectivity index (χ0) is 23.7. The van der Waals surface area contributed by atoms with Gasteiger partial charge in [0.2, 0.25) is 0 Å². The Kier molecular flexibility index (Phi) is 5.86. The van der Waals surface area contributed by atoms with Gasteiger partial charge in [-0.1, -0.05) is 11.6 Å². The second kappa shape index (κ2) is 9.12. The van der Waals surface area contributed by atoms with Crippen LogP contribution in [0.4, 0.5) is 11.5 Å². The van der Waals surface area contributed by atoms with Crippen molar-refractivity contribution in [3.05, 3.63) is 65.6 Å². The molecule has 34 heavy (non-hydrogen) atoms. The first-order chi connectivity index (χ1) is 16.6. The van der Waals surface area contributed by atoms with E-state index >= 15 is 0 Å². The lowest BCUT2D eigenvalue weighted by Crippen LogP contribution is -2.47. The molecular formula is C25H23ClN6O2. The molecule has 0 atom stereocenters. The maximum absolute atomic E-state index is 9.38. The SMILES string of the molecule is COc1cc(OC)c(-c2cn3ccc(N4CCN(c5ncccc5C#N)CC4)cc3n2)cc1Cl. The minimum Gasteiger partial charge on any atom is -0.496 e. The van der Waals surface area contributed by atoms with Gasteiger partial charge in [0.1, 0.15) is 29.0 Å². The van der Waals surface area contributed by atoms with Crippen molar-refractivity contribution in [1.29, 1.82) is 5.26 Å². The van der Waals surface area contributed by atoms with Crippen molar-refractivity contribution >= 4 is 28.8 Å². The molecule has 0 amide bonds. The molecule has 0 saturated carbocycles. The van der Waals surface area contributed by atoms with E-state index in [2.05, 4.69) is 33.0 Å². The molecule has 9 heteroatoms. The summed E-state index contributed by atoms with van der Waals surface area (Å²) >= 11 is 6.36. The van der Waals surface area contributed by atoms with Crippen LogP contribution in [0.1, 0.15) is 5.56 Å². The molecule has 1 fully saturated rings. The topological polar surface area (TPSA) is 78.9 Å². The molecule has 1 saturated heterocycles. The summed E-state index contributed by atoms with van der Waals surface area (Å²) in [6.07, 6.45) is 5.71. The van der Waals surface area contributed by atoms with E-state index in [9.17, 15) is 5.26 Å². The van der Waals surface area contributed by atoms with Gasteiger partial charge in [-0.05, 0) is 24.3 Å². The number of fused-ring (bicyclic) bond motifs is 1. The summed E-state index contributed by atoms with van der Waals surface area (Å²) in [5.74, 6) is 1.96. The van der Waals surface area contributed by atoms with Crippen molar-refractivity contribution in [2.45, 2.75) is 0 Å². The second-order valence-electron chi connectivity index (χ2n) is 7.92. The fourth-order valence-electron chi connectivity index (χ4n) is 4.27. The van der Waals surface area contributed by atoms with Gasteiger partial charge < -0.3 is 23.7 Å². The van der Waals surface area contributed by atoms with E-state index in [0.29, 0.717) is 22.1 Å². The molecule has 4 heterocycles. The normalized spacial score (nSPS) is 13.7. The molecule has 0 N–H and O–H groups in total. The second-order valence-corrected chi connectivity index (χ2v) is 8.33. The number of piperazine rings is 1. The van der Waals surface area contributed by atoms with E-state index in [4.69, 9.17) is 26.1 Å². The van der Waals surface area contributed by atoms with Gasteiger partial charge in [-0.2, -0.15) is 5.26 Å². The van der Waals surface area contributed by atoms with Crippen LogP contribution in [0, 0.1) is 11.3 Å². The van der Waals surface area contributed by atoms with Crippen LogP contribution >= 0.6 is 11.6 Å². The molecule has 8 nitrogen and oxygen atoms in total. The van der Waals surface area contributed by atoms with Crippen LogP contribution in [0.25, 0.3) is 16.9 Å². The Morgan fingerprint density at radius 3 is 2.50 bits per heavy atom. The lowest BCUT2D eigenvalue weighted by atomic mass is 10.1. The largest absolute Gasteiger partial charge is 0.496 e. The zero-order valence-electron chi connectivity index (χ0n) is 18.9. The van der Waals surface area contributed by atoms with E-state index in [1.807, 2.05) is 28.9 Å². The number of nitrogens with zero attached hydrogens (tertiary/aromatic N) is 6. The minimum absolute atomic E-state index is 0.501. The maximum atomic E-state index is 9.38. The Labute approximate surface area is 202 Å². The number of rotatable bonds is 5. The molecule has 0 spiro atoms. The molecular weight excluding hydrogens is 452 g/mol. The van der Waals surface area contributed by atoms with Crippen LogP contribution in [-0.4, -0.2) is 54.8 Å². The van der Waals surface area contributed by atoms with Crippen LogP contribution in [0.3, 0.4) is 0 Å². The minimum atomic E-state index is 0.501. The number of methoxy groups -OCH3 is 2. The number of aromatic nitrogens is 3. The number of ether oxygens (including phenoxy) is 2. The number of imidazole rings is 1. The summed E-state index contributed by atoms with van der Waals surface area (Å²) < 4.78 is 12.8. The fourth-order valence-corrected chi connectivity index (χ4v) is 4.51. The third-order valence-electron chi connectivity index (χ3n) is 6.05. The monoisotopic (exact) mass is 474 g/mol. The molecule has 172 valence electrons. The molecule has 3 aromatic heterocycles. The summed E-state index contributed by atoms with van der Waals surface area (Å²) in [6, 6.07) is 13.6. The Morgan fingerprint density at radius 2 is 1.76 bits per heavy atom. The summed E-state index contributed by atoms with van der Waals surface area (Å²) in [5.41, 5.74) is 4.11. The molecule has 5 rings (SSSR count). The Hall–Kier alpha value is -3.96. The first kappa shape index (κ1) is 21.9. The quantitative estimate of drug-likeness (QED) is 0.427. The van der Waals surface area contributed by atoms with E-state index in [0.717, 1.165) is 54.6 Å². The van der Waals surface area contributed by atoms with Crippen LogP contribution in [0.5, 0.6) is 11.5 Å². The number of anilines is 2. The van der Waals surface area contributed by atoms with Crippen LogP contribution in [-0.2, 0) is 0 Å². The highest BCUT2D eigenvalue weighted by atomic mass is 35.5. The molecule has 4 aromatic rings. The average molecular weight is 475 g/mol. The van der Waals surface area contributed by atoms with E-state index < -0.39 is 0 Å². The van der Waals surface area contributed by atoms with Crippen LogP contribution in [0.2, 0.25) is 5.02 Å². The maximum Gasteiger partial charge on any atom is 0.146 e. The van der Waals surface area contributed by atoms with Crippen molar-refractivity contribution < 1.29 is 9.47 Å². The van der Waals surface area contributed by atoms with Gasteiger partial charge in [-0.3, -0.25) is 0 Å². The first-order valence-corrected chi connectivity index (χ1v) is 11.2. The number of hydrogen-bond donors (Lipinski definition) is 0. The van der Waals surface area contributed by atoms with E-state index in [-0.39, 0.29) is 0 Å². The van der Waals surface area contributed by atoms with E-state index in [1.165, 1.54) is 0 Å². The Balaban J connectivity index is 1.38. The molecule has 1 aliphatic rings. The molecule has 0 radical (unpaired) electrons. The number of benzene rings is 1. The third kappa shape index (κ3) is 3.95. The molecule has 0 unspecified atom stereocenters. The smallest absolute Gasteiger partial charge is 0.146 e. The summed E-state index contributed by atoms with van der Waals surface area (Å²) in [5, 5.41) is 9.88. The summed E-state index contributed by atoms with van der Waals surface area (Å²) in [4.78, 5) is 13.7.